The van der Waals surface area contributed by atoms with Gasteiger partial charge in [-0.3, -0.25) is 4.79 Å². The van der Waals surface area contributed by atoms with Crippen LogP contribution in [-0.2, 0) is 16.6 Å². The maximum Gasteiger partial charge on any atom is 0.228 e. The fraction of sp³-hybridized carbons (Fsp3) is 0.381. The average molecular weight is 337 g/mol. The Hall–Kier alpha value is -2.33. The Morgan fingerprint density at radius 1 is 1.12 bits per heavy atom. The Morgan fingerprint density at radius 2 is 1.80 bits per heavy atom. The van der Waals surface area contributed by atoms with Crippen LogP contribution in [-0.4, -0.2) is 25.5 Å². The van der Waals surface area contributed by atoms with Gasteiger partial charge < -0.3 is 16.0 Å². The number of anilines is 2. The van der Waals surface area contributed by atoms with Crippen molar-refractivity contribution in [2.24, 2.45) is 5.73 Å². The van der Waals surface area contributed by atoms with Crippen LogP contribution >= 0.6 is 0 Å². The van der Waals surface area contributed by atoms with Crippen LogP contribution in [0.25, 0.3) is 0 Å². The standard InChI is InChI=1S/C21H27N3O/c1-3-23-14-13-21(20(22)25)15-16-9-5-7-11-18(16)24(4-2)19-12-8-6-10-17(19)21/h5-12,23H,3-4,13-15H2,1-2H3,(H2,22,25). The lowest BCUT2D eigenvalue weighted by Gasteiger charge is -2.32. The van der Waals surface area contributed by atoms with Crippen molar-refractivity contribution in [3.8, 4) is 0 Å². The van der Waals surface area contributed by atoms with Crippen molar-refractivity contribution in [3.05, 3.63) is 59.7 Å². The van der Waals surface area contributed by atoms with Crippen LogP contribution < -0.4 is 16.0 Å². The highest BCUT2D eigenvalue weighted by Crippen LogP contribution is 2.45. The molecule has 0 bridgehead atoms. The molecule has 2 aromatic carbocycles. The van der Waals surface area contributed by atoms with Crippen molar-refractivity contribution in [2.75, 3.05) is 24.5 Å². The Kier molecular flexibility index (Phi) is 5.09. The second kappa shape index (κ2) is 7.28. The molecule has 1 atom stereocenters. The first-order valence-corrected chi connectivity index (χ1v) is 9.09. The first kappa shape index (κ1) is 17.5. The zero-order chi connectivity index (χ0) is 17.9. The number of benzene rings is 2. The Labute approximate surface area is 150 Å². The highest BCUT2D eigenvalue weighted by Gasteiger charge is 2.43. The predicted octanol–water partition coefficient (Wildman–Crippen LogP) is 3.12. The number of hydrogen-bond donors (Lipinski definition) is 2. The molecule has 1 amide bonds. The monoisotopic (exact) mass is 337 g/mol. The van der Waals surface area contributed by atoms with E-state index in [2.05, 4.69) is 54.4 Å². The minimum absolute atomic E-state index is 0.245. The zero-order valence-electron chi connectivity index (χ0n) is 15.1. The van der Waals surface area contributed by atoms with Crippen molar-refractivity contribution in [3.63, 3.8) is 0 Å². The molecule has 1 unspecified atom stereocenters. The summed E-state index contributed by atoms with van der Waals surface area (Å²) in [5.41, 5.74) is 9.81. The van der Waals surface area contributed by atoms with E-state index in [1.54, 1.807) is 0 Å². The van der Waals surface area contributed by atoms with Gasteiger partial charge in [-0.05, 0) is 56.1 Å². The molecule has 0 aliphatic carbocycles. The van der Waals surface area contributed by atoms with Gasteiger partial charge in [0.25, 0.3) is 0 Å². The summed E-state index contributed by atoms with van der Waals surface area (Å²) in [6.45, 7) is 6.71. The zero-order valence-corrected chi connectivity index (χ0v) is 15.1. The number of nitrogens with one attached hydrogen (secondary N) is 1. The summed E-state index contributed by atoms with van der Waals surface area (Å²) < 4.78 is 0. The van der Waals surface area contributed by atoms with Crippen LogP contribution in [0.15, 0.2) is 48.5 Å². The van der Waals surface area contributed by atoms with E-state index in [1.165, 1.54) is 11.3 Å². The van der Waals surface area contributed by atoms with Gasteiger partial charge in [0, 0.05) is 17.9 Å². The molecule has 4 nitrogen and oxygen atoms in total. The van der Waals surface area contributed by atoms with Crippen molar-refractivity contribution in [1.29, 1.82) is 0 Å². The highest BCUT2D eigenvalue weighted by atomic mass is 16.1. The second-order valence-corrected chi connectivity index (χ2v) is 6.62. The van der Waals surface area contributed by atoms with Crippen LogP contribution in [0.4, 0.5) is 11.4 Å². The number of amides is 1. The molecule has 4 heteroatoms. The summed E-state index contributed by atoms with van der Waals surface area (Å²) >= 11 is 0. The average Bonchev–Trinajstić information content (AvgIpc) is 2.75. The lowest BCUT2D eigenvalue weighted by molar-refractivity contribution is -0.123. The van der Waals surface area contributed by atoms with Gasteiger partial charge in [-0.25, -0.2) is 0 Å². The van der Waals surface area contributed by atoms with Crippen molar-refractivity contribution < 1.29 is 4.79 Å². The molecule has 0 aromatic heterocycles. The third-order valence-corrected chi connectivity index (χ3v) is 5.25. The Morgan fingerprint density at radius 3 is 2.48 bits per heavy atom. The van der Waals surface area contributed by atoms with Crippen LogP contribution in [0.1, 0.15) is 31.4 Å². The SMILES string of the molecule is CCNCCC1(C(N)=O)Cc2ccccc2N(CC)c2ccccc21. The molecule has 1 aliphatic rings. The van der Waals surface area contributed by atoms with E-state index < -0.39 is 5.41 Å². The summed E-state index contributed by atoms with van der Waals surface area (Å²) in [4.78, 5) is 15.1. The van der Waals surface area contributed by atoms with Crippen LogP contribution in [0.3, 0.4) is 0 Å². The molecule has 0 fully saturated rings. The number of hydrogen-bond acceptors (Lipinski definition) is 3. The van der Waals surface area contributed by atoms with E-state index in [9.17, 15) is 4.79 Å². The van der Waals surface area contributed by atoms with Gasteiger partial charge in [0.15, 0.2) is 0 Å². The normalized spacial score (nSPS) is 19.0. The van der Waals surface area contributed by atoms with E-state index in [-0.39, 0.29) is 5.91 Å². The van der Waals surface area contributed by atoms with Gasteiger partial charge in [0.2, 0.25) is 5.91 Å². The number of fused-ring (bicyclic) bond motifs is 2. The number of rotatable bonds is 6. The fourth-order valence-electron chi connectivity index (χ4n) is 3.97. The lowest BCUT2D eigenvalue weighted by atomic mass is 9.72. The van der Waals surface area contributed by atoms with Gasteiger partial charge in [0.05, 0.1) is 5.41 Å². The third-order valence-electron chi connectivity index (χ3n) is 5.25. The molecule has 0 saturated heterocycles. The predicted molar refractivity (Wildman–Crippen MR) is 103 cm³/mol. The summed E-state index contributed by atoms with van der Waals surface area (Å²) in [7, 11) is 0. The molecule has 1 aliphatic heterocycles. The first-order chi connectivity index (χ1) is 12.1. The number of nitrogens with two attached hydrogens (primary N) is 1. The number of nitrogens with zero attached hydrogens (tertiary/aromatic N) is 1. The van der Waals surface area contributed by atoms with E-state index >= 15 is 0 Å². The van der Waals surface area contributed by atoms with Crippen molar-refractivity contribution in [1.82, 2.24) is 5.32 Å². The van der Waals surface area contributed by atoms with Crippen LogP contribution in [0.5, 0.6) is 0 Å². The van der Waals surface area contributed by atoms with E-state index in [0.29, 0.717) is 12.8 Å². The highest BCUT2D eigenvalue weighted by molar-refractivity contribution is 5.91. The quantitative estimate of drug-likeness (QED) is 0.796. The Bertz CT molecular complexity index is 758. The minimum atomic E-state index is -0.696. The fourth-order valence-corrected chi connectivity index (χ4v) is 3.97. The van der Waals surface area contributed by atoms with Gasteiger partial charge in [-0.2, -0.15) is 0 Å². The number of carbonyl (C=O) groups is 1. The maximum absolute atomic E-state index is 12.8. The summed E-state index contributed by atoms with van der Waals surface area (Å²) in [5, 5.41) is 3.35. The van der Waals surface area contributed by atoms with E-state index in [4.69, 9.17) is 5.73 Å². The van der Waals surface area contributed by atoms with E-state index in [0.717, 1.165) is 30.9 Å². The molecule has 3 rings (SSSR count). The van der Waals surface area contributed by atoms with Crippen molar-refractivity contribution >= 4 is 17.3 Å². The van der Waals surface area contributed by atoms with Gasteiger partial charge >= 0.3 is 0 Å². The molecule has 0 saturated carbocycles. The topological polar surface area (TPSA) is 58.4 Å². The molecule has 0 radical (unpaired) electrons. The molecular formula is C21H27N3O. The summed E-state index contributed by atoms with van der Waals surface area (Å²) in [5.74, 6) is -0.245. The molecular weight excluding hydrogens is 310 g/mol. The first-order valence-electron chi connectivity index (χ1n) is 9.09. The third kappa shape index (κ3) is 3.02. The van der Waals surface area contributed by atoms with Crippen molar-refractivity contribution in [2.45, 2.75) is 32.1 Å². The number of para-hydroxylation sites is 2. The van der Waals surface area contributed by atoms with Crippen LogP contribution in [0, 0.1) is 0 Å². The summed E-state index contributed by atoms with van der Waals surface area (Å²) in [6.07, 6.45) is 1.33. The molecule has 2 aromatic rings. The Balaban J connectivity index is 2.22. The van der Waals surface area contributed by atoms with Gasteiger partial charge in [-0.1, -0.05) is 43.3 Å². The minimum Gasteiger partial charge on any atom is -0.369 e. The summed E-state index contributed by atoms with van der Waals surface area (Å²) in [6, 6.07) is 16.6. The number of carbonyl (C=O) groups excluding carboxylic acids is 1. The second-order valence-electron chi connectivity index (χ2n) is 6.62. The molecule has 132 valence electrons. The van der Waals surface area contributed by atoms with Crippen LogP contribution in [0.2, 0.25) is 0 Å². The van der Waals surface area contributed by atoms with E-state index in [1.807, 2.05) is 18.2 Å². The van der Waals surface area contributed by atoms with Gasteiger partial charge in [-0.15, -0.1) is 0 Å². The molecule has 1 heterocycles. The molecule has 0 spiro atoms. The maximum atomic E-state index is 12.8. The largest absolute Gasteiger partial charge is 0.369 e. The smallest absolute Gasteiger partial charge is 0.228 e. The van der Waals surface area contributed by atoms with Gasteiger partial charge in [0.1, 0.15) is 0 Å². The molecule has 3 N–H and O–H groups in total. The lowest BCUT2D eigenvalue weighted by Crippen LogP contribution is -2.45. The number of primary amides is 1. The molecule has 25 heavy (non-hydrogen) atoms.